The van der Waals surface area contributed by atoms with Crippen LogP contribution in [-0.2, 0) is 33.8 Å². The molecule has 1 heterocycles. The molecule has 2 aliphatic rings. The van der Waals surface area contributed by atoms with Crippen molar-refractivity contribution in [3.8, 4) is 17.2 Å². The lowest BCUT2D eigenvalue weighted by Crippen LogP contribution is -2.47. The Balaban J connectivity index is 1.11. The first-order valence-electron chi connectivity index (χ1n) is 19.0. The van der Waals surface area contributed by atoms with Crippen molar-refractivity contribution in [3.63, 3.8) is 0 Å². The highest BCUT2D eigenvalue weighted by Gasteiger charge is 2.40. The van der Waals surface area contributed by atoms with Crippen LogP contribution in [0.1, 0.15) is 69.8 Å². The summed E-state index contributed by atoms with van der Waals surface area (Å²) in [6, 6.07) is 25.5. The van der Waals surface area contributed by atoms with Gasteiger partial charge in [0.2, 0.25) is 5.91 Å². The molecule has 4 aromatic rings. The van der Waals surface area contributed by atoms with Crippen LogP contribution in [-0.4, -0.2) is 69.9 Å². The Morgan fingerprint density at radius 3 is 2.18 bits per heavy atom. The van der Waals surface area contributed by atoms with Gasteiger partial charge in [-0.15, -0.1) is 0 Å². The van der Waals surface area contributed by atoms with Crippen LogP contribution >= 0.6 is 23.2 Å². The zero-order valence-electron chi connectivity index (χ0n) is 31.8. The van der Waals surface area contributed by atoms with Gasteiger partial charge in [0.15, 0.2) is 5.75 Å². The van der Waals surface area contributed by atoms with Gasteiger partial charge >= 0.3 is 5.97 Å². The second-order valence-corrected chi connectivity index (χ2v) is 15.1. The van der Waals surface area contributed by atoms with E-state index >= 15 is 0 Å². The van der Waals surface area contributed by atoms with Crippen LogP contribution in [0.25, 0.3) is 0 Å². The Morgan fingerprint density at radius 2 is 1.49 bits per heavy atom. The fourth-order valence-corrected chi connectivity index (χ4v) is 7.83. The highest BCUT2D eigenvalue weighted by Crippen LogP contribution is 2.38. The number of esters is 1. The smallest absolute Gasteiger partial charge is 0.337 e. The fraction of sp³-hybridized carbons (Fsp3) is 0.409. The van der Waals surface area contributed by atoms with Gasteiger partial charge in [0, 0.05) is 32.8 Å². The van der Waals surface area contributed by atoms with Gasteiger partial charge in [0.1, 0.15) is 31.3 Å². The van der Waals surface area contributed by atoms with Gasteiger partial charge in [0.25, 0.3) is 0 Å². The lowest BCUT2D eigenvalue weighted by molar-refractivity contribution is -0.138. The summed E-state index contributed by atoms with van der Waals surface area (Å²) in [7, 11) is 3.08. The minimum Gasteiger partial charge on any atom is -0.490 e. The number of nitrogens with one attached hydrogen (secondary N) is 1. The number of carbonyl (C=O) groups is 2. The summed E-state index contributed by atoms with van der Waals surface area (Å²) in [5.41, 5.74) is 5.72. The molecule has 9 nitrogen and oxygen atoms in total. The van der Waals surface area contributed by atoms with Gasteiger partial charge in [-0.1, -0.05) is 53.5 Å². The quantitative estimate of drug-likeness (QED) is 0.0792. The summed E-state index contributed by atoms with van der Waals surface area (Å²) in [4.78, 5) is 28.5. The Labute approximate surface area is 334 Å². The molecule has 292 valence electrons. The van der Waals surface area contributed by atoms with Crippen molar-refractivity contribution in [1.29, 1.82) is 0 Å². The Bertz CT molecular complexity index is 1880. The van der Waals surface area contributed by atoms with Crippen molar-refractivity contribution in [2.24, 2.45) is 5.92 Å². The predicted molar refractivity (Wildman–Crippen MR) is 215 cm³/mol. The summed E-state index contributed by atoms with van der Waals surface area (Å²) in [5, 5.41) is 4.44. The number of piperidine rings is 1. The molecule has 1 aliphatic carbocycles. The standard InChI is InChI=1S/C44H50Cl2N2O7/c1-29-21-40(45)42(41(46)22-29)54-20-19-53-36-14-10-33(11-15-36)38-16-17-47-26-39(38)43(49)48(35-12-13-35)27-32-23-31(5-4-18-51-2)24-37(25-32)55-28-30-6-8-34(9-7-30)44(50)52-3/h6-11,14-15,21-25,35,38-39,47H,4-5,12-13,16-20,26-28H2,1-3H3/t38-,39+/m1/s1. The molecular formula is C44H50Cl2N2O7. The molecule has 1 aliphatic heterocycles. The molecule has 6 rings (SSSR count). The number of hydrogen-bond donors (Lipinski definition) is 1. The molecule has 55 heavy (non-hydrogen) atoms. The summed E-state index contributed by atoms with van der Waals surface area (Å²) >= 11 is 12.6. The maximum atomic E-state index is 14.5. The first-order chi connectivity index (χ1) is 26.7. The van der Waals surface area contributed by atoms with Crippen molar-refractivity contribution < 1.29 is 33.3 Å². The summed E-state index contributed by atoms with van der Waals surface area (Å²) < 4.78 is 28.2. The maximum absolute atomic E-state index is 14.5. The van der Waals surface area contributed by atoms with E-state index in [1.807, 2.05) is 43.3 Å². The molecule has 0 aromatic heterocycles. The van der Waals surface area contributed by atoms with E-state index in [1.165, 1.54) is 7.11 Å². The van der Waals surface area contributed by atoms with Crippen LogP contribution in [0.5, 0.6) is 17.2 Å². The third kappa shape index (κ3) is 11.2. The number of aryl methyl sites for hydroxylation is 2. The predicted octanol–water partition coefficient (Wildman–Crippen LogP) is 8.59. The summed E-state index contributed by atoms with van der Waals surface area (Å²) in [6.07, 6.45) is 4.60. The van der Waals surface area contributed by atoms with Gasteiger partial charge in [-0.3, -0.25) is 4.79 Å². The SMILES string of the molecule is COCCCc1cc(CN(C(=O)[C@H]2CNCC[C@@H]2c2ccc(OCCOc3c(Cl)cc(C)cc3Cl)cc2)C2CC2)cc(OCc2ccc(C(=O)OC)cc2)c1. The van der Waals surface area contributed by atoms with E-state index in [9.17, 15) is 9.59 Å². The average molecular weight is 790 g/mol. The number of amides is 1. The highest BCUT2D eigenvalue weighted by molar-refractivity contribution is 6.37. The minimum absolute atomic E-state index is 0.0862. The Morgan fingerprint density at radius 1 is 0.782 bits per heavy atom. The number of carbonyl (C=O) groups excluding carboxylic acids is 2. The first-order valence-corrected chi connectivity index (χ1v) is 19.7. The third-order valence-corrected chi connectivity index (χ3v) is 10.7. The molecule has 2 fully saturated rings. The van der Waals surface area contributed by atoms with E-state index < -0.39 is 0 Å². The molecule has 0 spiro atoms. The van der Waals surface area contributed by atoms with Gasteiger partial charge in [-0.05, 0) is 128 Å². The first kappa shape index (κ1) is 40.4. The topological polar surface area (TPSA) is 95.6 Å². The summed E-state index contributed by atoms with van der Waals surface area (Å²) in [5.74, 6) is 1.65. The van der Waals surface area contributed by atoms with Gasteiger partial charge in [-0.25, -0.2) is 4.79 Å². The number of methoxy groups -OCH3 is 2. The van der Waals surface area contributed by atoms with Crippen LogP contribution < -0.4 is 19.5 Å². The number of hydrogen-bond acceptors (Lipinski definition) is 8. The molecule has 1 N–H and O–H groups in total. The molecule has 1 saturated heterocycles. The molecule has 2 atom stereocenters. The zero-order valence-corrected chi connectivity index (χ0v) is 33.3. The Hall–Kier alpha value is -4.28. The lowest BCUT2D eigenvalue weighted by Gasteiger charge is -2.36. The lowest BCUT2D eigenvalue weighted by atomic mass is 9.80. The number of benzene rings is 4. The number of ether oxygens (including phenoxy) is 5. The molecule has 4 aromatic carbocycles. The van der Waals surface area contributed by atoms with Crippen molar-refractivity contribution >= 4 is 35.1 Å². The highest BCUT2D eigenvalue weighted by atomic mass is 35.5. The van der Waals surface area contributed by atoms with Gasteiger partial charge < -0.3 is 33.9 Å². The molecule has 0 radical (unpaired) electrons. The van der Waals surface area contributed by atoms with E-state index in [1.54, 1.807) is 19.2 Å². The van der Waals surface area contributed by atoms with Crippen molar-refractivity contribution in [3.05, 3.63) is 122 Å². The van der Waals surface area contributed by atoms with Crippen LogP contribution in [0.15, 0.2) is 78.9 Å². The van der Waals surface area contributed by atoms with E-state index in [2.05, 4.69) is 40.5 Å². The summed E-state index contributed by atoms with van der Waals surface area (Å²) in [6.45, 7) is 5.56. The fourth-order valence-electron chi connectivity index (χ4n) is 7.13. The molecule has 0 unspecified atom stereocenters. The number of rotatable bonds is 18. The number of halogens is 2. The monoisotopic (exact) mass is 788 g/mol. The van der Waals surface area contributed by atoms with Crippen LogP contribution in [0.4, 0.5) is 0 Å². The second-order valence-electron chi connectivity index (χ2n) is 14.3. The van der Waals surface area contributed by atoms with Gasteiger partial charge in [-0.2, -0.15) is 0 Å². The van der Waals surface area contributed by atoms with Crippen LogP contribution in [0.3, 0.4) is 0 Å². The van der Waals surface area contributed by atoms with E-state index in [-0.39, 0.29) is 29.8 Å². The molecule has 11 heteroatoms. The minimum atomic E-state index is -0.372. The van der Waals surface area contributed by atoms with Crippen molar-refractivity contribution in [2.45, 2.75) is 64.1 Å². The Kier molecular flexibility index (Phi) is 14.3. The second kappa shape index (κ2) is 19.5. The average Bonchev–Trinajstić information content (AvgIpc) is 4.04. The normalized spacial score (nSPS) is 16.7. The zero-order chi connectivity index (χ0) is 38.7. The van der Waals surface area contributed by atoms with E-state index in [4.69, 9.17) is 46.9 Å². The van der Waals surface area contributed by atoms with Crippen molar-refractivity contribution in [2.75, 3.05) is 47.1 Å². The molecule has 1 saturated carbocycles. The largest absolute Gasteiger partial charge is 0.490 e. The third-order valence-electron chi connectivity index (χ3n) is 10.1. The van der Waals surface area contributed by atoms with E-state index in [0.717, 1.165) is 78.0 Å². The number of nitrogens with zero attached hydrogens (tertiary/aromatic N) is 1. The molecular weight excluding hydrogens is 739 g/mol. The van der Waals surface area contributed by atoms with Crippen molar-refractivity contribution in [1.82, 2.24) is 10.2 Å². The van der Waals surface area contributed by atoms with Crippen LogP contribution in [0, 0.1) is 12.8 Å². The van der Waals surface area contributed by atoms with Crippen LogP contribution in [0.2, 0.25) is 10.0 Å². The van der Waals surface area contributed by atoms with Gasteiger partial charge in [0.05, 0.1) is 28.6 Å². The molecule has 1 amide bonds. The molecule has 0 bridgehead atoms. The van der Waals surface area contributed by atoms with E-state index in [0.29, 0.717) is 60.9 Å². The maximum Gasteiger partial charge on any atom is 0.337 e.